The first kappa shape index (κ1) is 102. The SMILES string of the molecule is COc1cc(OC(F)(F)F)ccc1-c1ccn2ncc(C)c2c1.Cc1cc(-c2cnc(OCC(F)(F)F)c(F)c2)cc2ccnn12.Cc1cc(-c2cnc(O[C@@H](C)C(F)(F)F)c(F)c2)cc2ccnn12.Cc1cc(-c2cnc(O[C@H](C)C(F)(F)F)c(F)c2)cc2ccnn12.[2H]C([2H])(C)c1nnn2ccc(-c3cnc(OC(C)(C)C(F)(F)F)c(F)c3)cc12.[2H]C([2H])(OC)c1nnn2ccc(-c3cnc(OC(C)(C)C(F)(F)F)c(F)c3)cc12. The molecule has 0 amide bonds. The van der Waals surface area contributed by atoms with Crippen LogP contribution in [0.25, 0.3) is 99.9 Å². The van der Waals surface area contributed by atoms with Gasteiger partial charge in [0.15, 0.2) is 59.1 Å². The Morgan fingerprint density at radius 2 is 0.741 bits per heavy atom. The van der Waals surface area contributed by atoms with E-state index in [1.54, 1.807) is 122 Å². The second-order valence-corrected chi connectivity index (χ2v) is 32.8. The molecule has 0 N–H and O–H groups in total. The molecule has 147 heavy (non-hydrogen) atoms. The van der Waals surface area contributed by atoms with Crippen LogP contribution >= 0.6 is 0 Å². The van der Waals surface area contributed by atoms with Crippen molar-refractivity contribution in [3.05, 3.63) is 277 Å². The zero-order chi connectivity index (χ0) is 111. The van der Waals surface area contributed by atoms with Crippen LogP contribution in [0.15, 0.2) is 214 Å². The maximum Gasteiger partial charge on any atom is 0.573 e. The van der Waals surface area contributed by atoms with Gasteiger partial charge in [0.05, 0.1) is 61.4 Å². The van der Waals surface area contributed by atoms with Crippen molar-refractivity contribution in [1.29, 1.82) is 0 Å². The highest BCUT2D eigenvalue weighted by Crippen LogP contribution is 2.42. The average molecular weight is 2080 g/mol. The summed E-state index contributed by atoms with van der Waals surface area (Å²) >= 11 is 0. The number of nitrogens with zero attached hydrogens (tertiary/aromatic N) is 19. The molecule has 0 saturated carbocycles. The molecule has 0 aliphatic carbocycles. The third-order valence-corrected chi connectivity index (χ3v) is 21.4. The van der Waals surface area contributed by atoms with Crippen LogP contribution in [-0.2, 0) is 17.7 Å². The van der Waals surface area contributed by atoms with Gasteiger partial charge in [0, 0.05) is 135 Å². The number of aryl methyl sites for hydroxylation is 5. The van der Waals surface area contributed by atoms with Gasteiger partial charge in [0.25, 0.3) is 29.4 Å². The Kier molecular flexibility index (Phi) is 30.3. The number of hydrogen-bond acceptors (Lipinski definition) is 21. The molecule has 0 bridgehead atoms. The fourth-order valence-corrected chi connectivity index (χ4v) is 13.5. The summed E-state index contributed by atoms with van der Waals surface area (Å²) in [5.74, 6) is -8.55. The summed E-state index contributed by atoms with van der Waals surface area (Å²) in [7, 11) is 2.58. The third-order valence-electron chi connectivity index (χ3n) is 21.4. The molecule has 0 fully saturated rings. The highest BCUT2D eigenvalue weighted by Gasteiger charge is 2.52. The highest BCUT2D eigenvalue weighted by molar-refractivity contribution is 5.77. The third kappa shape index (κ3) is 26.4. The van der Waals surface area contributed by atoms with Gasteiger partial charge in [-0.25, -0.2) is 74.0 Å². The van der Waals surface area contributed by atoms with Crippen LogP contribution in [0.5, 0.6) is 40.9 Å². The van der Waals surface area contributed by atoms with Crippen molar-refractivity contribution in [3.8, 4) is 108 Å². The summed E-state index contributed by atoms with van der Waals surface area (Å²) in [4.78, 5) is 18.4. The minimum Gasteiger partial charge on any atom is -0.496 e. The van der Waals surface area contributed by atoms with Crippen LogP contribution in [0.4, 0.5) is 101 Å². The number of hydrogen-bond donors (Lipinski definition) is 0. The number of alkyl halides is 18. The van der Waals surface area contributed by atoms with Crippen molar-refractivity contribution in [2.75, 3.05) is 20.8 Å². The van der Waals surface area contributed by atoms with Gasteiger partial charge in [-0.05, 0) is 248 Å². The smallest absolute Gasteiger partial charge is 0.496 e. The number of aromatic nitrogens is 19. The molecule has 17 aromatic heterocycles. The minimum absolute atomic E-state index is 0.0813. The van der Waals surface area contributed by atoms with Crippen LogP contribution in [0.2, 0.25) is 0 Å². The van der Waals surface area contributed by atoms with E-state index in [1.807, 2.05) is 39.8 Å². The second-order valence-electron chi connectivity index (χ2n) is 32.8. The van der Waals surface area contributed by atoms with Gasteiger partial charge < -0.3 is 37.9 Å². The molecule has 0 radical (unpaired) electrons. The van der Waals surface area contributed by atoms with Crippen LogP contribution in [0, 0.1) is 56.8 Å². The molecular formula is C97H82F23N19O8. The van der Waals surface area contributed by atoms with Gasteiger partial charge in [-0.3, -0.25) is 0 Å². The lowest BCUT2D eigenvalue weighted by atomic mass is 10.0. The van der Waals surface area contributed by atoms with Crippen LogP contribution in [0.1, 0.15) is 88.0 Å². The zero-order valence-electron chi connectivity index (χ0n) is 82.5. The molecule has 50 heteroatoms. The first-order valence-corrected chi connectivity index (χ1v) is 42.8. The fourth-order valence-electron chi connectivity index (χ4n) is 13.5. The predicted molar refractivity (Wildman–Crippen MR) is 486 cm³/mol. The lowest BCUT2D eigenvalue weighted by Crippen LogP contribution is -2.45. The van der Waals surface area contributed by atoms with Gasteiger partial charge in [-0.1, -0.05) is 17.4 Å². The lowest BCUT2D eigenvalue weighted by molar-refractivity contribution is -0.274. The van der Waals surface area contributed by atoms with E-state index in [0.29, 0.717) is 61.3 Å². The van der Waals surface area contributed by atoms with E-state index in [0.717, 1.165) is 128 Å². The van der Waals surface area contributed by atoms with Gasteiger partial charge in [-0.2, -0.15) is 86.3 Å². The molecule has 0 saturated heterocycles. The van der Waals surface area contributed by atoms with E-state index in [4.69, 9.17) is 24.4 Å². The van der Waals surface area contributed by atoms with E-state index in [2.05, 4.69) is 84.9 Å². The second kappa shape index (κ2) is 43.5. The molecule has 774 valence electrons. The van der Waals surface area contributed by atoms with Crippen LogP contribution in [-0.4, -0.2) is 175 Å². The Labute approximate surface area is 822 Å². The summed E-state index contributed by atoms with van der Waals surface area (Å²) in [5, 5.41) is 31.8. The first-order valence-electron chi connectivity index (χ1n) is 44.8. The summed E-state index contributed by atoms with van der Waals surface area (Å²) in [6.45, 7) is 9.70. The predicted octanol–water partition coefficient (Wildman–Crippen LogP) is 24.4. The van der Waals surface area contributed by atoms with Crippen LogP contribution < -0.4 is 33.2 Å². The number of methoxy groups -OCH3 is 2. The molecule has 0 aliphatic rings. The van der Waals surface area contributed by atoms with Gasteiger partial charge >= 0.3 is 37.2 Å². The topological polar surface area (TPSA) is 268 Å². The van der Waals surface area contributed by atoms with Gasteiger partial charge in [-0.15, -0.1) is 23.4 Å². The summed E-state index contributed by atoms with van der Waals surface area (Å²) in [6, 6.07) is 35.3. The van der Waals surface area contributed by atoms with Crippen molar-refractivity contribution in [2.45, 2.75) is 150 Å². The molecule has 0 unspecified atom stereocenters. The Morgan fingerprint density at radius 1 is 0.374 bits per heavy atom. The van der Waals surface area contributed by atoms with E-state index in [-0.39, 0.29) is 33.8 Å². The highest BCUT2D eigenvalue weighted by atomic mass is 19.4. The average Bonchev–Trinajstić information content (AvgIpc) is 1.63. The first-order chi connectivity index (χ1) is 70.4. The standard InChI is InChI=1S/C17H16F4N4O2.C17H16F4N4O.2C16H13F4N3O.C16H13F3N2O2.C15H11F4N3O/c1-16(2,17(19,20)21)27-15-12(18)6-11(8-22-15)10-4-5-25-14(7-10)13(9-26-3)23-24-25;1-4-13-14-8-10(5-6-25(14)24-23-13)11-7-12(18)15(22-9-11)26-16(2,3)17(19,20)21;2*1-9-5-11(6-13-3-4-22-23(9)13)12-7-14(17)15(21-8-12)24-10(2)16(18,19)20;1-10-9-20-21-6-5-11(7-14(10)21)13-4-3-12(8-15(13)22-2)23-16(17,18)19;1-9-4-10(5-12-2-3-21-22(9)12)11-6-13(16)14(20-7-11)23-8-15(17,18)19/h4-8H,9H2,1-3H3;5-9H,4H2,1-3H3;2*3-8,10H,1-2H3;3-9H,1-2H3;2-7H,8H2,1H3/t;;2*10-;;/m..10../s1/i9D2;4D2;;;;. The van der Waals surface area contributed by atoms with E-state index in [9.17, 15) is 101 Å². The van der Waals surface area contributed by atoms with Crippen molar-refractivity contribution >= 4 is 33.1 Å². The molecule has 18 aromatic rings. The van der Waals surface area contributed by atoms with Crippen molar-refractivity contribution in [2.24, 2.45) is 0 Å². The molecular weight excluding hydrogens is 2000 g/mol. The summed E-state index contributed by atoms with van der Waals surface area (Å²) < 4.78 is 374. The number of rotatable bonds is 21. The molecule has 17 heterocycles. The number of fused-ring (bicyclic) bond motifs is 6. The Bertz CT molecular complexity index is 7790. The monoisotopic (exact) mass is 2080 g/mol. The number of benzene rings is 1. The molecule has 0 spiro atoms. The van der Waals surface area contributed by atoms with E-state index < -0.39 is 139 Å². The molecule has 1 aromatic carbocycles. The fraction of sp³-hybridized carbons (Fsp3) is 0.268. The summed E-state index contributed by atoms with van der Waals surface area (Å²) in [5.41, 5.74) is 8.57. The van der Waals surface area contributed by atoms with E-state index in [1.165, 1.54) is 91.6 Å². The van der Waals surface area contributed by atoms with Gasteiger partial charge in [0.2, 0.25) is 0 Å². The zero-order valence-corrected chi connectivity index (χ0v) is 78.5. The minimum atomic E-state index is -4.74. The van der Waals surface area contributed by atoms with Crippen molar-refractivity contribution in [3.63, 3.8) is 0 Å². The van der Waals surface area contributed by atoms with Crippen LogP contribution in [0.3, 0.4) is 0 Å². The molecule has 0 aliphatic heterocycles. The number of ether oxygens (including phenoxy) is 8. The normalized spacial score (nSPS) is 13.1. The Morgan fingerprint density at radius 3 is 1.11 bits per heavy atom. The molecule has 2 atom stereocenters. The molecule has 27 nitrogen and oxygen atoms in total. The maximum absolute atomic E-state index is 14.4. The Hall–Kier alpha value is -16.1. The maximum atomic E-state index is 14.4. The quantitative estimate of drug-likeness (QED) is 0.0605. The largest absolute Gasteiger partial charge is 0.573 e. The summed E-state index contributed by atoms with van der Waals surface area (Å²) in [6.07, 6.45) is -16.3. The lowest BCUT2D eigenvalue weighted by Gasteiger charge is -2.28. The Balaban J connectivity index is 0.000000151. The van der Waals surface area contributed by atoms with E-state index >= 15 is 0 Å². The number of halogens is 23. The van der Waals surface area contributed by atoms with Gasteiger partial charge in [0.1, 0.15) is 17.2 Å². The number of pyridine rings is 11. The molecule has 18 rings (SSSR count). The van der Waals surface area contributed by atoms with Crippen molar-refractivity contribution in [1.82, 2.24) is 93.0 Å². The van der Waals surface area contributed by atoms with Crippen molar-refractivity contribution < 1.29 is 144 Å².